The minimum atomic E-state index is -0.0280. The summed E-state index contributed by atoms with van der Waals surface area (Å²) in [5.74, 6) is 0.983. The molecule has 2 rings (SSSR count). The number of H-pyrrole nitrogens is 1. The van der Waals surface area contributed by atoms with Crippen LogP contribution in [0.1, 0.15) is 42.6 Å². The number of hydrogen-bond acceptors (Lipinski definition) is 3. The van der Waals surface area contributed by atoms with Gasteiger partial charge >= 0.3 is 0 Å². The normalized spacial score (nSPS) is 17.0. The number of nitrogens with one attached hydrogen (secondary N) is 1. The molecule has 94 valence electrons. The Labute approximate surface area is 101 Å². The number of amides is 1. The van der Waals surface area contributed by atoms with Crippen LogP contribution in [-0.4, -0.2) is 34.6 Å². The van der Waals surface area contributed by atoms with E-state index in [0.29, 0.717) is 17.4 Å². The van der Waals surface area contributed by atoms with Crippen molar-refractivity contribution in [3.05, 3.63) is 11.8 Å². The smallest absolute Gasteiger partial charge is 0.271 e. The summed E-state index contributed by atoms with van der Waals surface area (Å²) in [4.78, 5) is 13.8. The molecule has 17 heavy (non-hydrogen) atoms. The lowest BCUT2D eigenvalue weighted by Crippen LogP contribution is -2.32. The number of anilines is 1. The Morgan fingerprint density at radius 2 is 2.24 bits per heavy atom. The van der Waals surface area contributed by atoms with Gasteiger partial charge in [-0.3, -0.25) is 9.89 Å². The van der Waals surface area contributed by atoms with Crippen LogP contribution in [0.3, 0.4) is 0 Å². The highest BCUT2D eigenvalue weighted by Crippen LogP contribution is 2.24. The quantitative estimate of drug-likeness (QED) is 0.837. The van der Waals surface area contributed by atoms with Crippen LogP contribution in [0, 0.1) is 5.92 Å². The highest BCUT2D eigenvalue weighted by molar-refractivity contribution is 5.92. The number of nitrogens with zero attached hydrogens (tertiary/aromatic N) is 2. The molecule has 0 saturated heterocycles. The van der Waals surface area contributed by atoms with Crippen molar-refractivity contribution in [2.24, 2.45) is 5.92 Å². The molecule has 5 nitrogen and oxygen atoms in total. The van der Waals surface area contributed by atoms with Crippen molar-refractivity contribution in [3.63, 3.8) is 0 Å². The molecule has 3 N–H and O–H groups in total. The highest BCUT2D eigenvalue weighted by atomic mass is 16.2. The van der Waals surface area contributed by atoms with Gasteiger partial charge in [0, 0.05) is 19.7 Å². The average Bonchev–Trinajstić information content (AvgIpc) is 2.76. The van der Waals surface area contributed by atoms with E-state index in [9.17, 15) is 4.79 Å². The highest BCUT2D eigenvalue weighted by Gasteiger charge is 2.20. The number of aromatic nitrogens is 2. The van der Waals surface area contributed by atoms with E-state index in [2.05, 4.69) is 10.2 Å². The maximum absolute atomic E-state index is 12.0. The van der Waals surface area contributed by atoms with Gasteiger partial charge in [0.25, 0.3) is 5.91 Å². The summed E-state index contributed by atoms with van der Waals surface area (Å²) in [6, 6.07) is 1.58. The summed E-state index contributed by atoms with van der Waals surface area (Å²) in [6.45, 7) is 0.831. The number of hydrogen-bond donors (Lipinski definition) is 2. The van der Waals surface area contributed by atoms with Crippen molar-refractivity contribution in [1.29, 1.82) is 0 Å². The molecule has 0 aliphatic heterocycles. The lowest BCUT2D eigenvalue weighted by molar-refractivity contribution is 0.0754. The molecule has 1 fully saturated rings. The van der Waals surface area contributed by atoms with Crippen molar-refractivity contribution in [3.8, 4) is 0 Å². The SMILES string of the molecule is CN(CC1CCCCC1)C(=O)c1cc(N)n[nH]1. The zero-order valence-electron chi connectivity index (χ0n) is 10.3. The third kappa shape index (κ3) is 2.99. The van der Waals surface area contributed by atoms with E-state index in [0.717, 1.165) is 6.54 Å². The summed E-state index contributed by atoms with van der Waals surface area (Å²) in [5, 5.41) is 6.43. The number of carbonyl (C=O) groups is 1. The summed E-state index contributed by atoms with van der Waals surface area (Å²) in [7, 11) is 1.84. The van der Waals surface area contributed by atoms with Gasteiger partial charge in [0.1, 0.15) is 11.5 Å². The van der Waals surface area contributed by atoms with Crippen LogP contribution in [-0.2, 0) is 0 Å². The molecular weight excluding hydrogens is 216 g/mol. The first kappa shape index (κ1) is 12.0. The fourth-order valence-corrected chi connectivity index (χ4v) is 2.49. The van der Waals surface area contributed by atoms with Crippen LogP contribution in [0.2, 0.25) is 0 Å². The Morgan fingerprint density at radius 1 is 1.53 bits per heavy atom. The van der Waals surface area contributed by atoms with E-state index >= 15 is 0 Å². The van der Waals surface area contributed by atoms with Gasteiger partial charge in [0.2, 0.25) is 0 Å². The fourth-order valence-electron chi connectivity index (χ4n) is 2.49. The minimum absolute atomic E-state index is 0.0280. The summed E-state index contributed by atoms with van der Waals surface area (Å²) < 4.78 is 0. The Hall–Kier alpha value is -1.52. The number of rotatable bonds is 3. The van der Waals surface area contributed by atoms with Crippen molar-refractivity contribution < 1.29 is 4.79 Å². The molecule has 0 unspecified atom stereocenters. The van der Waals surface area contributed by atoms with E-state index in [1.54, 1.807) is 11.0 Å². The molecule has 1 aromatic rings. The molecule has 0 spiro atoms. The predicted molar refractivity (Wildman–Crippen MR) is 66.5 cm³/mol. The van der Waals surface area contributed by atoms with E-state index in [-0.39, 0.29) is 5.91 Å². The second kappa shape index (κ2) is 5.21. The van der Waals surface area contributed by atoms with Crippen LogP contribution in [0.25, 0.3) is 0 Å². The standard InChI is InChI=1S/C12H20N4O/c1-16(8-9-5-3-2-4-6-9)12(17)10-7-11(13)15-14-10/h7,9H,2-6,8H2,1H3,(H3,13,14,15). The molecule has 1 aliphatic carbocycles. The van der Waals surface area contributed by atoms with Crippen LogP contribution >= 0.6 is 0 Å². The topological polar surface area (TPSA) is 75.0 Å². The predicted octanol–water partition coefficient (Wildman–Crippen LogP) is 1.64. The Morgan fingerprint density at radius 3 is 2.82 bits per heavy atom. The molecule has 1 amide bonds. The summed E-state index contributed by atoms with van der Waals surface area (Å²) in [5.41, 5.74) is 5.96. The molecule has 5 heteroatoms. The Kier molecular flexibility index (Phi) is 3.66. The van der Waals surface area contributed by atoms with Crippen LogP contribution in [0.5, 0.6) is 0 Å². The van der Waals surface area contributed by atoms with Crippen LogP contribution < -0.4 is 5.73 Å². The maximum Gasteiger partial charge on any atom is 0.271 e. The van der Waals surface area contributed by atoms with Crippen LogP contribution in [0.15, 0.2) is 6.07 Å². The molecule has 1 saturated carbocycles. The lowest BCUT2D eigenvalue weighted by Gasteiger charge is -2.26. The van der Waals surface area contributed by atoms with Gasteiger partial charge in [0.05, 0.1) is 0 Å². The zero-order chi connectivity index (χ0) is 12.3. The largest absolute Gasteiger partial charge is 0.382 e. The molecule has 0 bridgehead atoms. The maximum atomic E-state index is 12.0. The van der Waals surface area contributed by atoms with Gasteiger partial charge < -0.3 is 10.6 Å². The van der Waals surface area contributed by atoms with Gasteiger partial charge in [-0.1, -0.05) is 19.3 Å². The zero-order valence-corrected chi connectivity index (χ0v) is 10.3. The first-order chi connectivity index (χ1) is 8.16. The van der Waals surface area contributed by atoms with Gasteiger partial charge in [-0.2, -0.15) is 5.10 Å². The second-order valence-electron chi connectivity index (χ2n) is 4.90. The van der Waals surface area contributed by atoms with Crippen molar-refractivity contribution in [2.45, 2.75) is 32.1 Å². The van der Waals surface area contributed by atoms with Crippen molar-refractivity contribution >= 4 is 11.7 Å². The fraction of sp³-hybridized carbons (Fsp3) is 0.667. The number of nitrogen functional groups attached to an aromatic ring is 1. The Bertz CT molecular complexity index is 382. The summed E-state index contributed by atoms with van der Waals surface area (Å²) in [6.07, 6.45) is 6.41. The van der Waals surface area contributed by atoms with E-state index in [1.807, 2.05) is 7.05 Å². The van der Waals surface area contributed by atoms with Crippen molar-refractivity contribution in [2.75, 3.05) is 19.3 Å². The molecular formula is C12H20N4O. The minimum Gasteiger partial charge on any atom is -0.382 e. The van der Waals surface area contributed by atoms with E-state index in [4.69, 9.17) is 5.73 Å². The first-order valence-corrected chi connectivity index (χ1v) is 6.23. The third-order valence-corrected chi connectivity index (χ3v) is 3.43. The molecule has 0 atom stereocenters. The molecule has 1 aromatic heterocycles. The molecule has 0 aromatic carbocycles. The molecule has 0 radical (unpaired) electrons. The van der Waals surface area contributed by atoms with Gasteiger partial charge in [-0.25, -0.2) is 0 Å². The van der Waals surface area contributed by atoms with Gasteiger partial charge in [-0.15, -0.1) is 0 Å². The Balaban J connectivity index is 1.90. The molecule has 1 heterocycles. The average molecular weight is 236 g/mol. The number of carbonyl (C=O) groups excluding carboxylic acids is 1. The van der Waals surface area contributed by atoms with Gasteiger partial charge in [0.15, 0.2) is 0 Å². The second-order valence-corrected chi connectivity index (χ2v) is 4.90. The number of aromatic amines is 1. The van der Waals surface area contributed by atoms with Crippen LogP contribution in [0.4, 0.5) is 5.82 Å². The monoisotopic (exact) mass is 236 g/mol. The first-order valence-electron chi connectivity index (χ1n) is 6.23. The number of nitrogens with two attached hydrogens (primary N) is 1. The lowest BCUT2D eigenvalue weighted by atomic mass is 9.89. The van der Waals surface area contributed by atoms with Gasteiger partial charge in [-0.05, 0) is 18.8 Å². The van der Waals surface area contributed by atoms with Crippen molar-refractivity contribution in [1.82, 2.24) is 15.1 Å². The summed E-state index contributed by atoms with van der Waals surface area (Å²) >= 11 is 0. The van der Waals surface area contributed by atoms with E-state index in [1.165, 1.54) is 32.1 Å². The van der Waals surface area contributed by atoms with E-state index < -0.39 is 0 Å². The third-order valence-electron chi connectivity index (χ3n) is 3.43. The molecule has 1 aliphatic rings.